The summed E-state index contributed by atoms with van der Waals surface area (Å²) in [5, 5.41) is 19.5. The largest absolute Gasteiger partial charge is 0.507 e. The Morgan fingerprint density at radius 1 is 0.706 bits per heavy atom. The van der Waals surface area contributed by atoms with Crippen LogP contribution in [0.1, 0.15) is 0 Å². The van der Waals surface area contributed by atoms with Gasteiger partial charge in [0.1, 0.15) is 11.5 Å². The molecule has 90 valence electrons. The summed E-state index contributed by atoms with van der Waals surface area (Å²) in [5.74, 6) is 0.0477. The predicted octanol–water partition coefficient (Wildman–Crippen LogP) is 4.63. The number of aromatic hydroxyl groups is 2. The van der Waals surface area contributed by atoms with Crippen molar-refractivity contribution in [1.82, 2.24) is 0 Å². The Balaban J connectivity index is 2.58. The van der Waals surface area contributed by atoms with Crippen LogP contribution in [0.2, 0.25) is 0 Å². The Hall–Kier alpha value is -1.03. The lowest BCUT2D eigenvalue weighted by Gasteiger charge is -2.26. The predicted molar refractivity (Wildman–Crippen MR) is 72.0 cm³/mol. The van der Waals surface area contributed by atoms with Crippen molar-refractivity contribution < 1.29 is 10.2 Å². The van der Waals surface area contributed by atoms with Crippen molar-refractivity contribution in [3.8, 4) is 11.5 Å². The van der Waals surface area contributed by atoms with Crippen LogP contribution in [0.3, 0.4) is 0 Å². The molecular weight excluding hydrogens is 279 g/mol. The molecule has 0 amide bonds. The Morgan fingerprint density at radius 2 is 1.06 bits per heavy atom. The average molecular weight is 289 g/mol. The number of rotatable bonds is 2. The van der Waals surface area contributed by atoms with E-state index in [0.717, 1.165) is 0 Å². The fraction of sp³-hybridized carbons (Fsp3) is 0. The maximum absolute atomic E-state index is 9.77. The smallest absolute Gasteiger partial charge is 0.130 e. The van der Waals surface area contributed by atoms with Gasteiger partial charge in [-0.25, -0.2) is 0 Å². The van der Waals surface area contributed by atoms with Gasteiger partial charge in [0.15, 0.2) is 0 Å². The van der Waals surface area contributed by atoms with Crippen molar-refractivity contribution >= 4 is 29.8 Å². The van der Waals surface area contributed by atoms with E-state index < -0.39 is 8.46 Å². The summed E-state index contributed by atoms with van der Waals surface area (Å²) < 4.78 is 0. The molecule has 0 aliphatic rings. The lowest BCUT2D eigenvalue weighted by Crippen LogP contribution is -1.88. The van der Waals surface area contributed by atoms with Crippen LogP contribution >= 0.6 is 29.8 Å². The van der Waals surface area contributed by atoms with Crippen molar-refractivity contribution in [2.24, 2.45) is 0 Å². The molecule has 0 aliphatic carbocycles. The molecule has 2 nitrogen and oxygen atoms in total. The van der Waals surface area contributed by atoms with Crippen LogP contribution < -0.4 is 0 Å². The van der Waals surface area contributed by atoms with E-state index >= 15 is 0 Å². The molecule has 2 aromatic carbocycles. The summed E-state index contributed by atoms with van der Waals surface area (Å²) in [6.45, 7) is 0. The number of hydrogen-bond donors (Lipinski definition) is 2. The van der Waals surface area contributed by atoms with E-state index in [1.165, 1.54) is 12.1 Å². The third kappa shape index (κ3) is 2.32. The highest BCUT2D eigenvalue weighted by Crippen LogP contribution is 2.74. The Morgan fingerprint density at radius 3 is 1.41 bits per heavy atom. The first-order chi connectivity index (χ1) is 8.03. The first-order valence-electron chi connectivity index (χ1n) is 4.82. The highest BCUT2D eigenvalue weighted by molar-refractivity contribution is 8.66. The molecular formula is C12H10Cl2O2S. The first kappa shape index (κ1) is 12.4. The fourth-order valence-electron chi connectivity index (χ4n) is 1.47. The normalized spacial score (nSPS) is 12.4. The Bertz CT molecular complexity index is 496. The van der Waals surface area contributed by atoms with Gasteiger partial charge in [0.05, 0.1) is 9.79 Å². The molecule has 2 aromatic rings. The van der Waals surface area contributed by atoms with Gasteiger partial charge in [-0.05, 0) is 54.1 Å². The summed E-state index contributed by atoms with van der Waals surface area (Å²) in [7, 11) is 10.2. The standard InChI is InChI=1S/C12H10Cl2O2S/c13-17(14,11-7-3-1-5-9(11)15)12-8-4-2-6-10(12)16/h1-8,15-16H. The maximum Gasteiger partial charge on any atom is 0.130 e. The quantitative estimate of drug-likeness (QED) is 0.846. The SMILES string of the molecule is Oc1ccccc1S(Cl)(Cl)c1ccccc1O. The van der Waals surface area contributed by atoms with E-state index in [0.29, 0.717) is 9.79 Å². The number of hydrogen-bond acceptors (Lipinski definition) is 2. The van der Waals surface area contributed by atoms with Crippen LogP contribution in [0.5, 0.6) is 11.5 Å². The summed E-state index contributed by atoms with van der Waals surface area (Å²) in [5.41, 5.74) is 0. The van der Waals surface area contributed by atoms with Crippen LogP contribution in [0.4, 0.5) is 0 Å². The summed E-state index contributed by atoms with van der Waals surface area (Å²) in [6.07, 6.45) is 0. The molecule has 0 saturated heterocycles. The zero-order valence-corrected chi connectivity index (χ0v) is 11.0. The van der Waals surface area contributed by atoms with Gasteiger partial charge in [0.25, 0.3) is 0 Å². The van der Waals surface area contributed by atoms with Gasteiger partial charge < -0.3 is 10.2 Å². The minimum atomic E-state index is -2.46. The number of benzene rings is 2. The molecule has 2 N–H and O–H groups in total. The van der Waals surface area contributed by atoms with E-state index in [-0.39, 0.29) is 11.5 Å². The van der Waals surface area contributed by atoms with Gasteiger partial charge in [0.2, 0.25) is 0 Å². The number of para-hydroxylation sites is 2. The summed E-state index contributed by atoms with van der Waals surface area (Å²) >= 11 is 0. The molecule has 0 saturated carbocycles. The van der Waals surface area contributed by atoms with Gasteiger partial charge in [0, 0.05) is 0 Å². The monoisotopic (exact) mass is 288 g/mol. The lowest BCUT2D eigenvalue weighted by molar-refractivity contribution is 0.459. The Labute approximate surface area is 110 Å². The molecule has 0 fully saturated rings. The molecule has 5 heteroatoms. The lowest BCUT2D eigenvalue weighted by atomic mass is 10.3. The highest BCUT2D eigenvalue weighted by atomic mass is 36.0. The minimum Gasteiger partial charge on any atom is -0.507 e. The average Bonchev–Trinajstić information content (AvgIpc) is 2.29. The third-order valence-electron chi connectivity index (χ3n) is 2.28. The number of phenols is 2. The molecule has 0 aromatic heterocycles. The zero-order valence-electron chi connectivity index (χ0n) is 8.68. The van der Waals surface area contributed by atoms with E-state index in [2.05, 4.69) is 0 Å². The topological polar surface area (TPSA) is 40.5 Å². The minimum absolute atomic E-state index is 0.0238. The van der Waals surface area contributed by atoms with E-state index in [1.54, 1.807) is 36.4 Å². The summed E-state index contributed by atoms with van der Waals surface area (Å²) in [6, 6.07) is 13.2. The number of halogens is 2. The van der Waals surface area contributed by atoms with Crippen LogP contribution in [0, 0.1) is 0 Å². The van der Waals surface area contributed by atoms with Crippen molar-refractivity contribution in [3.63, 3.8) is 0 Å². The number of phenolic OH excluding ortho intramolecular Hbond substituents is 2. The van der Waals surface area contributed by atoms with E-state index in [1.807, 2.05) is 0 Å². The van der Waals surface area contributed by atoms with Crippen LogP contribution in [-0.2, 0) is 0 Å². The van der Waals surface area contributed by atoms with Crippen molar-refractivity contribution in [1.29, 1.82) is 0 Å². The molecule has 17 heavy (non-hydrogen) atoms. The second-order valence-corrected chi connectivity index (χ2v) is 8.47. The molecule has 0 atom stereocenters. The zero-order chi connectivity index (χ0) is 12.5. The molecule has 0 unspecified atom stereocenters. The van der Waals surface area contributed by atoms with Gasteiger partial charge in [-0.1, -0.05) is 24.3 Å². The molecule has 2 rings (SSSR count). The molecule has 0 aliphatic heterocycles. The third-order valence-corrected chi connectivity index (χ3v) is 6.07. The van der Waals surface area contributed by atoms with Gasteiger partial charge >= 0.3 is 0 Å². The van der Waals surface area contributed by atoms with Gasteiger partial charge in [-0.2, -0.15) is 0 Å². The molecule has 0 radical (unpaired) electrons. The Kier molecular flexibility index (Phi) is 3.43. The van der Waals surface area contributed by atoms with Gasteiger partial charge in [-0.3, -0.25) is 0 Å². The van der Waals surface area contributed by atoms with Crippen molar-refractivity contribution in [2.75, 3.05) is 0 Å². The van der Waals surface area contributed by atoms with Crippen LogP contribution in [0.25, 0.3) is 0 Å². The molecule has 0 spiro atoms. The van der Waals surface area contributed by atoms with Crippen LogP contribution in [0.15, 0.2) is 58.3 Å². The van der Waals surface area contributed by atoms with E-state index in [9.17, 15) is 10.2 Å². The summed E-state index contributed by atoms with van der Waals surface area (Å²) in [4.78, 5) is 0.842. The van der Waals surface area contributed by atoms with Crippen LogP contribution in [-0.4, -0.2) is 10.2 Å². The van der Waals surface area contributed by atoms with Gasteiger partial charge in [-0.15, -0.1) is 0 Å². The highest BCUT2D eigenvalue weighted by Gasteiger charge is 2.28. The second-order valence-electron chi connectivity index (χ2n) is 3.40. The second kappa shape index (κ2) is 4.69. The van der Waals surface area contributed by atoms with Crippen molar-refractivity contribution in [3.05, 3.63) is 48.5 Å². The molecule has 0 heterocycles. The van der Waals surface area contributed by atoms with Crippen molar-refractivity contribution in [2.45, 2.75) is 9.79 Å². The van der Waals surface area contributed by atoms with E-state index in [4.69, 9.17) is 21.4 Å². The maximum atomic E-state index is 9.77. The first-order valence-corrected chi connectivity index (χ1v) is 8.10. The fourth-order valence-corrected chi connectivity index (χ4v) is 4.43. The molecule has 0 bridgehead atoms.